The lowest BCUT2D eigenvalue weighted by molar-refractivity contribution is -0.122. The zero-order valence-corrected chi connectivity index (χ0v) is 19.3. The van der Waals surface area contributed by atoms with Crippen LogP contribution >= 0.6 is 24.0 Å². The van der Waals surface area contributed by atoms with Crippen molar-refractivity contribution in [2.24, 2.45) is 0 Å². The van der Waals surface area contributed by atoms with Crippen molar-refractivity contribution >= 4 is 63.0 Å². The topological polar surface area (TPSA) is 69.7 Å². The number of carbonyl (C=O) groups excluding carboxylic acids is 3. The number of fused-ring (bicyclic) bond motifs is 1. The number of nitrogens with zero attached hydrogens (tertiary/aromatic N) is 2. The minimum absolute atomic E-state index is 0.167. The summed E-state index contributed by atoms with van der Waals surface area (Å²) >= 11 is 6.43. The quantitative estimate of drug-likeness (QED) is 0.412. The summed E-state index contributed by atoms with van der Waals surface area (Å²) in [6.45, 7) is 7.74. The summed E-state index contributed by atoms with van der Waals surface area (Å²) in [5.74, 6) is -1.03. The number of aryl methyl sites for hydroxylation is 2. The Morgan fingerprint density at radius 3 is 2.56 bits per heavy atom. The molecular formula is C24H21N3O3S2. The monoisotopic (exact) mass is 463 g/mol. The zero-order chi connectivity index (χ0) is 23.0. The molecule has 1 saturated heterocycles. The molecule has 0 unspecified atom stereocenters. The first-order valence-electron chi connectivity index (χ1n) is 9.99. The van der Waals surface area contributed by atoms with Gasteiger partial charge in [-0.05, 0) is 43.2 Å². The molecule has 162 valence electrons. The van der Waals surface area contributed by atoms with E-state index in [4.69, 9.17) is 12.2 Å². The molecule has 2 aliphatic rings. The maximum absolute atomic E-state index is 13.4. The van der Waals surface area contributed by atoms with Gasteiger partial charge in [0.2, 0.25) is 5.91 Å². The molecule has 3 amide bonds. The highest BCUT2D eigenvalue weighted by Gasteiger charge is 2.42. The maximum atomic E-state index is 13.4. The normalized spacial score (nSPS) is 17.8. The fourth-order valence-electron chi connectivity index (χ4n) is 3.66. The molecule has 1 fully saturated rings. The molecule has 2 aliphatic heterocycles. The van der Waals surface area contributed by atoms with Crippen LogP contribution in [0, 0.1) is 13.8 Å². The highest BCUT2D eigenvalue weighted by atomic mass is 32.2. The molecule has 32 heavy (non-hydrogen) atoms. The maximum Gasteiger partial charge on any atom is 0.267 e. The van der Waals surface area contributed by atoms with Gasteiger partial charge in [-0.15, -0.1) is 6.58 Å². The largest absolute Gasteiger partial charge is 0.325 e. The summed E-state index contributed by atoms with van der Waals surface area (Å²) in [5, 5.41) is 2.85. The molecule has 8 heteroatoms. The fraction of sp³-hybridized carbons (Fsp3) is 0.167. The van der Waals surface area contributed by atoms with Crippen LogP contribution in [0.15, 0.2) is 60.0 Å². The third kappa shape index (κ3) is 3.87. The van der Waals surface area contributed by atoms with Crippen molar-refractivity contribution in [2.45, 2.75) is 13.8 Å². The van der Waals surface area contributed by atoms with Crippen molar-refractivity contribution in [3.63, 3.8) is 0 Å². The minimum Gasteiger partial charge on any atom is -0.325 e. The molecule has 6 nitrogen and oxygen atoms in total. The molecule has 0 radical (unpaired) electrons. The Morgan fingerprint density at radius 1 is 1.09 bits per heavy atom. The van der Waals surface area contributed by atoms with E-state index in [1.54, 1.807) is 30.3 Å². The molecule has 4 rings (SSSR count). The van der Waals surface area contributed by atoms with Crippen molar-refractivity contribution < 1.29 is 14.4 Å². The van der Waals surface area contributed by atoms with Crippen LogP contribution in [0.1, 0.15) is 16.7 Å². The Hall–Kier alpha value is -3.23. The highest BCUT2D eigenvalue weighted by molar-refractivity contribution is 8.26. The molecular weight excluding hydrogens is 442 g/mol. The molecule has 0 bridgehead atoms. The number of para-hydroxylation sites is 1. The van der Waals surface area contributed by atoms with Crippen LogP contribution in [0.25, 0.3) is 5.57 Å². The van der Waals surface area contributed by atoms with E-state index in [-0.39, 0.29) is 41.3 Å². The second kappa shape index (κ2) is 8.72. The Morgan fingerprint density at radius 2 is 1.84 bits per heavy atom. The third-order valence-corrected chi connectivity index (χ3v) is 6.85. The van der Waals surface area contributed by atoms with Crippen molar-refractivity contribution in [2.75, 3.05) is 23.3 Å². The summed E-state index contributed by atoms with van der Waals surface area (Å²) in [6.07, 6.45) is 1.59. The number of thioether (sulfide) groups is 1. The number of benzene rings is 2. The average molecular weight is 464 g/mol. The summed E-state index contributed by atoms with van der Waals surface area (Å²) < 4.78 is 0.383. The van der Waals surface area contributed by atoms with Gasteiger partial charge in [-0.3, -0.25) is 24.2 Å². The molecule has 0 aromatic heterocycles. The molecule has 0 aliphatic carbocycles. The van der Waals surface area contributed by atoms with Crippen LogP contribution in [0.4, 0.5) is 11.4 Å². The van der Waals surface area contributed by atoms with Crippen molar-refractivity contribution in [1.29, 1.82) is 0 Å². The Labute approximate surface area is 196 Å². The van der Waals surface area contributed by atoms with E-state index >= 15 is 0 Å². The van der Waals surface area contributed by atoms with Crippen LogP contribution in [0.2, 0.25) is 0 Å². The fourth-order valence-corrected chi connectivity index (χ4v) is 5.00. The van der Waals surface area contributed by atoms with Crippen LogP contribution in [-0.4, -0.2) is 40.0 Å². The lowest BCUT2D eigenvalue weighted by Gasteiger charge is -2.17. The van der Waals surface area contributed by atoms with Crippen LogP contribution in [0.5, 0.6) is 0 Å². The number of amides is 3. The van der Waals surface area contributed by atoms with Crippen LogP contribution < -0.4 is 10.2 Å². The number of rotatable bonds is 5. The number of nitrogens with one attached hydrogen (secondary N) is 1. The first-order valence-corrected chi connectivity index (χ1v) is 11.2. The number of anilines is 2. The lowest BCUT2D eigenvalue weighted by atomic mass is 10.1. The molecule has 2 aromatic rings. The SMILES string of the molecule is C=CCN1C(=O)/C(=C2\C(=O)N(CC(=O)Nc3ccc(C)c(C)c3)c3ccccc32)SC1=S. The predicted octanol–water partition coefficient (Wildman–Crippen LogP) is 4.05. The predicted molar refractivity (Wildman–Crippen MR) is 132 cm³/mol. The summed E-state index contributed by atoms with van der Waals surface area (Å²) in [4.78, 5) is 42.2. The summed E-state index contributed by atoms with van der Waals surface area (Å²) in [5.41, 5.74) is 4.36. The van der Waals surface area contributed by atoms with Gasteiger partial charge in [0.1, 0.15) is 10.9 Å². The Kier molecular flexibility index (Phi) is 5.99. The summed E-state index contributed by atoms with van der Waals surface area (Å²) in [6, 6.07) is 12.8. The van der Waals surface area contributed by atoms with Crippen molar-refractivity contribution in [3.05, 3.63) is 76.7 Å². The van der Waals surface area contributed by atoms with E-state index in [0.29, 0.717) is 21.3 Å². The summed E-state index contributed by atoms with van der Waals surface area (Å²) in [7, 11) is 0. The van der Waals surface area contributed by atoms with Crippen molar-refractivity contribution in [3.8, 4) is 0 Å². The van der Waals surface area contributed by atoms with E-state index < -0.39 is 0 Å². The Balaban J connectivity index is 1.64. The second-order valence-electron chi connectivity index (χ2n) is 7.53. The van der Waals surface area contributed by atoms with Crippen LogP contribution in [-0.2, 0) is 14.4 Å². The van der Waals surface area contributed by atoms with Crippen LogP contribution in [0.3, 0.4) is 0 Å². The van der Waals surface area contributed by atoms with Gasteiger partial charge < -0.3 is 5.32 Å². The standard InChI is InChI=1S/C24H21N3O3S2/c1-4-11-26-23(30)21(32-24(26)31)20-17-7-5-6-8-18(17)27(22(20)29)13-19(28)25-16-10-9-14(2)15(3)12-16/h4-10,12H,1,11,13H2,2-3H3,(H,25,28)/b21-20+. The number of thiocarbonyl (C=S) groups is 1. The van der Waals surface area contributed by atoms with Crippen molar-refractivity contribution in [1.82, 2.24) is 4.90 Å². The van der Waals surface area contributed by atoms with Gasteiger partial charge in [-0.1, -0.05) is 54.3 Å². The molecule has 2 heterocycles. The number of hydrogen-bond acceptors (Lipinski definition) is 5. The first kappa shape index (κ1) is 22.0. The van der Waals surface area contributed by atoms with Gasteiger partial charge in [0.15, 0.2) is 0 Å². The van der Waals surface area contributed by atoms with E-state index in [1.807, 2.05) is 32.0 Å². The molecule has 0 spiro atoms. The van der Waals surface area contributed by atoms with E-state index in [9.17, 15) is 14.4 Å². The third-order valence-electron chi connectivity index (χ3n) is 5.40. The number of carbonyl (C=O) groups is 3. The van der Waals surface area contributed by atoms with Gasteiger partial charge in [-0.25, -0.2) is 0 Å². The number of hydrogen-bond donors (Lipinski definition) is 1. The highest BCUT2D eigenvalue weighted by Crippen LogP contribution is 2.44. The molecule has 1 N–H and O–H groups in total. The zero-order valence-electron chi connectivity index (χ0n) is 17.7. The first-order chi connectivity index (χ1) is 15.3. The van der Waals surface area contributed by atoms with E-state index in [1.165, 1.54) is 9.80 Å². The molecule has 0 atom stereocenters. The Bertz CT molecular complexity index is 1220. The minimum atomic E-state index is -0.388. The average Bonchev–Trinajstić information content (AvgIpc) is 3.19. The molecule has 2 aromatic carbocycles. The second-order valence-corrected chi connectivity index (χ2v) is 9.18. The molecule has 0 saturated carbocycles. The van der Waals surface area contributed by atoms with Gasteiger partial charge >= 0.3 is 0 Å². The smallest absolute Gasteiger partial charge is 0.267 e. The lowest BCUT2D eigenvalue weighted by Crippen LogP contribution is -2.35. The van der Waals surface area contributed by atoms with E-state index in [2.05, 4.69) is 11.9 Å². The van der Waals surface area contributed by atoms with Gasteiger partial charge in [0, 0.05) is 17.8 Å². The van der Waals surface area contributed by atoms with Gasteiger partial charge in [0.05, 0.1) is 16.2 Å². The van der Waals surface area contributed by atoms with E-state index in [0.717, 1.165) is 22.9 Å². The van der Waals surface area contributed by atoms with Gasteiger partial charge in [-0.2, -0.15) is 0 Å². The van der Waals surface area contributed by atoms with Gasteiger partial charge in [0.25, 0.3) is 11.8 Å².